The van der Waals surface area contributed by atoms with Crippen LogP contribution in [-0.2, 0) is 16.0 Å². The van der Waals surface area contributed by atoms with Gasteiger partial charge in [-0.05, 0) is 81.1 Å². The second kappa shape index (κ2) is 26.2. The second-order valence-corrected chi connectivity index (χ2v) is 28.4. The van der Waals surface area contributed by atoms with Crippen molar-refractivity contribution in [3.8, 4) is 49.1 Å². The number of aliphatic hydroxyl groups is 2. The van der Waals surface area contributed by atoms with Crippen LogP contribution in [0.4, 0.5) is 0 Å². The first kappa shape index (κ1) is 61.7. The van der Waals surface area contributed by atoms with Crippen LogP contribution in [0.3, 0.4) is 0 Å². The molecule has 7 atom stereocenters. The highest BCUT2D eigenvalue weighted by Crippen LogP contribution is 2.43. The number of aliphatic hydroxyl groups excluding tert-OH is 2. The molecule has 8 N–H and O–H groups in total. The summed E-state index contributed by atoms with van der Waals surface area (Å²) >= 11 is 7.13. The van der Waals surface area contributed by atoms with Gasteiger partial charge in [0.15, 0.2) is 0 Å². The summed E-state index contributed by atoms with van der Waals surface area (Å²) in [7, 11) is 0. The Kier molecular flexibility index (Phi) is 17.8. The summed E-state index contributed by atoms with van der Waals surface area (Å²) in [4.78, 5) is 126. The van der Waals surface area contributed by atoms with Gasteiger partial charge in [0.1, 0.15) is 93.8 Å². The Bertz CT molecular complexity index is 4210. The standard InChI is InChI=1S/C62H60N14O9S6/c1-30-45(78)24-76-50(30)60-70-43(28-90-60)57-67-40(25-87-57)48-36(14-15-37(64-48)56-71-44(29-88-56)61(84)75-20-16-34(17-21-75)74-18-6-7-19-74)55-68-41(26-86-55)52(81)65-38(23-46(63)79)58-73-47(31(2)91-58)54(83)72-49(51(80)33-8-4-3-5-9-33)59-69-42(27-89-59)53(82)66-39(62(76)85)22-32-10-12-35(77)13-11-32/h3-5,8-15,25-30,34,38-39,45,49-51,77-78,80H,6-7,16-24H2,1-2H3,(H2,63,79)(H,65,81)(H,66,82)(H,72,83)/t30-,38-,39+,45-,49-,50-,51+/m0/s1. The van der Waals surface area contributed by atoms with Crippen LogP contribution < -0.4 is 21.7 Å². The lowest BCUT2D eigenvalue weighted by atomic mass is 10.00. The summed E-state index contributed by atoms with van der Waals surface area (Å²) < 4.78 is 0. The lowest BCUT2D eigenvalue weighted by Crippen LogP contribution is -2.50. The van der Waals surface area contributed by atoms with Gasteiger partial charge in [-0.15, -0.1) is 68.0 Å². The molecule has 468 valence electrons. The number of aromatic hydroxyl groups is 1. The van der Waals surface area contributed by atoms with E-state index in [9.17, 15) is 39.3 Å². The van der Waals surface area contributed by atoms with E-state index in [4.69, 9.17) is 30.7 Å². The van der Waals surface area contributed by atoms with E-state index in [0.717, 1.165) is 48.6 Å². The van der Waals surface area contributed by atoms with Crippen LogP contribution in [0, 0.1) is 12.8 Å². The molecule has 0 aliphatic carbocycles. The second-order valence-electron chi connectivity index (χ2n) is 22.8. The predicted molar refractivity (Wildman–Crippen MR) is 346 cm³/mol. The lowest BCUT2D eigenvalue weighted by Gasteiger charge is -2.36. The number of hydrogen-bond acceptors (Lipinski definition) is 23. The number of benzene rings is 2. The van der Waals surface area contributed by atoms with E-state index in [0.29, 0.717) is 89.2 Å². The number of aryl methyl sites for hydroxylation is 1. The number of aromatic nitrogens is 7. The number of phenolic OH excluding ortho intramolecular Hbond substituents is 1. The van der Waals surface area contributed by atoms with Gasteiger partial charge >= 0.3 is 0 Å². The monoisotopic (exact) mass is 1340 g/mol. The van der Waals surface area contributed by atoms with E-state index in [1.54, 1.807) is 66.2 Å². The summed E-state index contributed by atoms with van der Waals surface area (Å²) in [5.74, 6) is -4.05. The zero-order valence-electron chi connectivity index (χ0n) is 48.9. The molecule has 10 bridgehead atoms. The fourth-order valence-electron chi connectivity index (χ4n) is 12.0. The Morgan fingerprint density at radius 2 is 1.31 bits per heavy atom. The van der Waals surface area contributed by atoms with Crippen LogP contribution in [0.15, 0.2) is 93.6 Å². The maximum absolute atomic E-state index is 15.2. The summed E-state index contributed by atoms with van der Waals surface area (Å²) in [6.07, 6.45) is 1.47. The van der Waals surface area contributed by atoms with Crippen LogP contribution in [-0.4, -0.2) is 151 Å². The maximum atomic E-state index is 15.2. The topological polar surface area (TPSA) is 325 Å². The predicted octanol–water partition coefficient (Wildman–Crippen LogP) is 7.99. The first-order valence-corrected chi connectivity index (χ1v) is 34.7. The molecule has 91 heavy (non-hydrogen) atoms. The van der Waals surface area contributed by atoms with Crippen molar-refractivity contribution >= 4 is 103 Å². The van der Waals surface area contributed by atoms with Gasteiger partial charge in [-0.2, -0.15) is 0 Å². The number of likely N-dealkylation sites (tertiary alicyclic amines) is 2. The average molecular weight is 1340 g/mol. The Balaban J connectivity index is 0.878. The largest absolute Gasteiger partial charge is 0.508 e. The SMILES string of the molecule is Cc1sc2nc1C(=O)N[C@@H]([C@H](O)c1ccccc1)c1nc(cs1)C(=O)N[C@H](Cc1ccc(O)cc1)C(=O)N1C[C@H](O)[C@H](C)[C@H]1c1nc(cs1)-c1nc(cs1)-c1nc(-c3nc(C(=O)N4CCC(N5CCCC5)CC4)cs3)ccc1-c1nc(cs1)C(=O)N[C@H]2CC(N)=O. The smallest absolute Gasteiger partial charge is 0.273 e. The van der Waals surface area contributed by atoms with Gasteiger partial charge in [0.05, 0.1) is 30.3 Å². The zero-order valence-corrected chi connectivity index (χ0v) is 53.8. The number of phenols is 1. The van der Waals surface area contributed by atoms with Gasteiger partial charge < -0.3 is 51.7 Å². The maximum Gasteiger partial charge on any atom is 0.273 e. The van der Waals surface area contributed by atoms with Gasteiger partial charge in [-0.25, -0.2) is 34.9 Å². The third kappa shape index (κ3) is 12.9. The van der Waals surface area contributed by atoms with Crippen molar-refractivity contribution in [1.29, 1.82) is 0 Å². The van der Waals surface area contributed by atoms with E-state index < -0.39 is 71.8 Å². The highest BCUT2D eigenvalue weighted by molar-refractivity contribution is 7.15. The van der Waals surface area contributed by atoms with Gasteiger partial charge in [-0.1, -0.05) is 49.4 Å². The molecule has 4 aliphatic rings. The van der Waals surface area contributed by atoms with Crippen LogP contribution in [0.1, 0.15) is 136 Å². The molecule has 11 heterocycles. The fraction of sp³-hybridized carbons (Fsp3) is 0.339. The van der Waals surface area contributed by atoms with E-state index in [1.165, 1.54) is 80.6 Å². The highest BCUT2D eigenvalue weighted by Gasteiger charge is 2.46. The molecule has 7 aromatic heterocycles. The van der Waals surface area contributed by atoms with Crippen molar-refractivity contribution in [1.82, 2.24) is 65.5 Å². The first-order valence-electron chi connectivity index (χ1n) is 29.5. The summed E-state index contributed by atoms with van der Waals surface area (Å²) in [5, 5.41) is 53.1. The Labute approximate surface area is 545 Å². The zero-order chi connectivity index (χ0) is 63.2. The average Bonchev–Trinajstić information content (AvgIpc) is 1.70. The van der Waals surface area contributed by atoms with Crippen molar-refractivity contribution in [3.05, 3.63) is 147 Å². The Hall–Kier alpha value is -8.13. The molecular weight excluding hydrogens is 1280 g/mol. The third-order valence-electron chi connectivity index (χ3n) is 16.8. The Morgan fingerprint density at radius 1 is 0.659 bits per heavy atom. The summed E-state index contributed by atoms with van der Waals surface area (Å²) in [6, 6.07) is 14.5. The molecule has 0 unspecified atom stereocenters. The summed E-state index contributed by atoms with van der Waals surface area (Å²) in [6.45, 7) is 6.92. The van der Waals surface area contributed by atoms with E-state index in [-0.39, 0.29) is 58.1 Å². The number of pyridine rings is 1. The molecule has 29 heteroatoms. The lowest BCUT2D eigenvalue weighted by molar-refractivity contribution is -0.134. The number of carbonyl (C=O) groups excluding carboxylic acids is 6. The van der Waals surface area contributed by atoms with Crippen molar-refractivity contribution < 1.29 is 44.1 Å². The molecule has 23 nitrogen and oxygen atoms in total. The Morgan fingerprint density at radius 3 is 2.07 bits per heavy atom. The van der Waals surface area contributed by atoms with E-state index in [1.807, 2.05) is 28.7 Å². The number of nitrogens with two attached hydrogens (primary N) is 1. The number of primary amides is 1. The molecule has 13 rings (SSSR count). The molecule has 3 fully saturated rings. The molecular formula is C62H60N14O9S6. The molecule has 0 saturated carbocycles. The number of fused-ring (bicyclic) bond motifs is 16. The van der Waals surface area contributed by atoms with Crippen molar-refractivity contribution in [3.63, 3.8) is 0 Å². The number of piperidine rings is 1. The van der Waals surface area contributed by atoms with E-state index >= 15 is 4.79 Å². The molecule has 4 aliphatic heterocycles. The molecule has 0 radical (unpaired) electrons. The van der Waals surface area contributed by atoms with Gasteiger partial charge in [-0.3, -0.25) is 28.8 Å². The van der Waals surface area contributed by atoms with Crippen molar-refractivity contribution in [2.45, 2.75) is 94.8 Å². The molecule has 9 aromatic rings. The van der Waals surface area contributed by atoms with Gasteiger partial charge in [0, 0.05) is 75.4 Å². The number of hydrogen-bond donors (Lipinski definition) is 7. The van der Waals surface area contributed by atoms with E-state index in [2.05, 4.69) is 30.8 Å². The summed E-state index contributed by atoms with van der Waals surface area (Å²) in [5.41, 5.74) is 9.26. The molecule has 3 saturated heterocycles. The number of rotatable bonds is 9. The third-order valence-corrected chi connectivity index (χ3v) is 22.4. The fourth-order valence-corrected chi connectivity index (χ4v) is 17.3. The van der Waals surface area contributed by atoms with Gasteiger partial charge in [0.25, 0.3) is 23.6 Å². The van der Waals surface area contributed by atoms with Crippen LogP contribution in [0.25, 0.3) is 43.4 Å². The van der Waals surface area contributed by atoms with Gasteiger partial charge in [0.2, 0.25) is 11.8 Å². The number of amides is 6. The van der Waals surface area contributed by atoms with Crippen LogP contribution in [0.5, 0.6) is 5.75 Å². The van der Waals surface area contributed by atoms with Crippen LogP contribution >= 0.6 is 68.0 Å². The minimum atomic E-state index is -1.40. The minimum absolute atomic E-state index is 0.000842. The van der Waals surface area contributed by atoms with Crippen molar-refractivity contribution in [2.24, 2.45) is 11.7 Å². The number of nitrogens with zero attached hydrogens (tertiary/aromatic N) is 10. The minimum Gasteiger partial charge on any atom is -0.508 e. The van der Waals surface area contributed by atoms with Crippen molar-refractivity contribution in [2.75, 3.05) is 32.7 Å². The number of nitrogens with one attached hydrogen (secondary N) is 3. The van der Waals surface area contributed by atoms with Crippen LogP contribution in [0.2, 0.25) is 0 Å². The highest BCUT2D eigenvalue weighted by atomic mass is 32.1. The molecule has 6 amide bonds. The quantitative estimate of drug-likeness (QED) is 0.0720. The number of thiazole rings is 6. The molecule has 2 aromatic carbocycles. The number of carbonyl (C=O) groups is 6. The molecule has 0 spiro atoms. The normalized spacial score (nSPS) is 21.5. The first-order chi connectivity index (χ1) is 44.0.